The number of amides is 2. The van der Waals surface area contributed by atoms with Crippen molar-refractivity contribution in [2.24, 2.45) is 0 Å². The number of hydrogen-bond donors (Lipinski definition) is 1. The number of nitrogens with zero attached hydrogens (tertiary/aromatic N) is 1. The summed E-state index contributed by atoms with van der Waals surface area (Å²) in [5, 5.41) is 11.5. The van der Waals surface area contributed by atoms with Crippen LogP contribution in [-0.2, 0) is 17.8 Å². The lowest BCUT2D eigenvalue weighted by Crippen LogP contribution is -2.29. The first-order chi connectivity index (χ1) is 19.5. The summed E-state index contributed by atoms with van der Waals surface area (Å²) >= 11 is 0. The van der Waals surface area contributed by atoms with Crippen molar-refractivity contribution < 1.29 is 24.2 Å². The minimum Gasteiger partial charge on any atom is -0.482 e. The molecule has 0 spiro atoms. The van der Waals surface area contributed by atoms with Gasteiger partial charge in [-0.25, -0.2) is 4.79 Å². The van der Waals surface area contributed by atoms with Crippen LogP contribution in [0.1, 0.15) is 37.4 Å². The summed E-state index contributed by atoms with van der Waals surface area (Å²) < 4.78 is 5.66. The van der Waals surface area contributed by atoms with E-state index in [0.29, 0.717) is 23.3 Å². The van der Waals surface area contributed by atoms with Crippen molar-refractivity contribution in [2.75, 3.05) is 6.61 Å². The molecule has 0 unspecified atom stereocenters. The molecule has 5 aromatic rings. The van der Waals surface area contributed by atoms with Crippen molar-refractivity contribution in [3.05, 3.63) is 137 Å². The molecule has 196 valence electrons. The number of ether oxygens (including phenoxy) is 1. The molecule has 6 rings (SSSR count). The number of carbonyl (C=O) groups is 3. The van der Waals surface area contributed by atoms with Gasteiger partial charge in [0.05, 0.1) is 17.7 Å². The quantitative estimate of drug-likeness (QED) is 0.238. The monoisotopic (exact) mass is 527 g/mol. The second-order valence-corrected chi connectivity index (χ2v) is 9.76. The third-order valence-corrected chi connectivity index (χ3v) is 7.15. The zero-order valence-electron chi connectivity index (χ0n) is 21.5. The maximum Gasteiger partial charge on any atom is 0.341 e. The van der Waals surface area contributed by atoms with Crippen LogP contribution in [0.4, 0.5) is 0 Å². The number of fused-ring (bicyclic) bond motifs is 2. The molecule has 6 nitrogen and oxygen atoms in total. The largest absolute Gasteiger partial charge is 0.482 e. The van der Waals surface area contributed by atoms with Gasteiger partial charge in [-0.05, 0) is 68.9 Å². The first kappa shape index (κ1) is 25.1. The fraction of sp³-hybridized carbons (Fsp3) is 0.0882. The number of imide groups is 1. The molecule has 1 N–H and O–H groups in total. The first-order valence-electron chi connectivity index (χ1n) is 13.0. The van der Waals surface area contributed by atoms with Gasteiger partial charge in [0.15, 0.2) is 6.61 Å². The first-order valence-corrected chi connectivity index (χ1v) is 13.0. The van der Waals surface area contributed by atoms with Crippen molar-refractivity contribution in [3.8, 4) is 16.9 Å². The standard InChI is InChI=1S/C34H25NO5/c36-32(37)21-40-31-16-15-25(18-27(31)19-26-11-6-9-23-8-1-2-12-28(23)26)24-10-5-7-22(17-24)20-35-33(38)29-13-3-4-14-30(29)34(35)39/h1-18H,19-21H2,(H,36,37). The summed E-state index contributed by atoms with van der Waals surface area (Å²) in [6.45, 7) is -0.263. The summed E-state index contributed by atoms with van der Waals surface area (Å²) in [5.74, 6) is -1.10. The van der Waals surface area contributed by atoms with Gasteiger partial charge in [0.2, 0.25) is 0 Å². The molecule has 2 amide bonds. The highest BCUT2D eigenvalue weighted by atomic mass is 16.5. The van der Waals surface area contributed by atoms with Gasteiger partial charge in [0, 0.05) is 6.42 Å². The lowest BCUT2D eigenvalue weighted by atomic mass is 9.95. The Bertz CT molecular complexity index is 1750. The third kappa shape index (κ3) is 4.83. The Kier molecular flexibility index (Phi) is 6.58. The van der Waals surface area contributed by atoms with E-state index in [9.17, 15) is 19.5 Å². The highest BCUT2D eigenvalue weighted by Crippen LogP contribution is 2.32. The van der Waals surface area contributed by atoms with E-state index in [0.717, 1.165) is 38.6 Å². The predicted octanol–water partition coefficient (Wildman–Crippen LogP) is 6.36. The number of carbonyl (C=O) groups excluding carboxylic acids is 2. The number of carboxylic acid groups (broad SMARTS) is 1. The topological polar surface area (TPSA) is 83.9 Å². The van der Waals surface area contributed by atoms with E-state index in [2.05, 4.69) is 24.3 Å². The van der Waals surface area contributed by atoms with Crippen molar-refractivity contribution in [1.29, 1.82) is 0 Å². The Labute approximate surface area is 231 Å². The normalized spacial score (nSPS) is 12.6. The summed E-state index contributed by atoms with van der Waals surface area (Å²) in [6, 6.07) is 34.6. The molecule has 0 atom stereocenters. The van der Waals surface area contributed by atoms with Gasteiger partial charge in [-0.3, -0.25) is 14.5 Å². The van der Waals surface area contributed by atoms with E-state index in [1.165, 1.54) is 4.90 Å². The molecule has 0 bridgehead atoms. The Balaban J connectivity index is 1.32. The Morgan fingerprint density at radius 1 is 0.700 bits per heavy atom. The lowest BCUT2D eigenvalue weighted by Gasteiger charge is -2.16. The fourth-order valence-corrected chi connectivity index (χ4v) is 5.24. The summed E-state index contributed by atoms with van der Waals surface area (Å²) in [4.78, 5) is 38.3. The molecule has 0 aliphatic carbocycles. The second kappa shape index (κ2) is 10.5. The van der Waals surface area contributed by atoms with Gasteiger partial charge in [0.1, 0.15) is 5.75 Å². The SMILES string of the molecule is O=C(O)COc1ccc(-c2cccc(CN3C(=O)c4ccccc4C3=O)c2)cc1Cc1cccc2ccccc12. The molecule has 0 saturated carbocycles. The molecule has 40 heavy (non-hydrogen) atoms. The highest BCUT2D eigenvalue weighted by molar-refractivity contribution is 6.21. The van der Waals surface area contributed by atoms with Crippen molar-refractivity contribution in [1.82, 2.24) is 4.90 Å². The number of carboxylic acids is 1. The Morgan fingerprint density at radius 3 is 2.15 bits per heavy atom. The maximum atomic E-state index is 12.9. The fourth-order valence-electron chi connectivity index (χ4n) is 5.24. The number of aliphatic carboxylic acids is 1. The second-order valence-electron chi connectivity index (χ2n) is 9.76. The van der Waals surface area contributed by atoms with Crippen LogP contribution in [0.15, 0.2) is 109 Å². The molecule has 0 fully saturated rings. The Morgan fingerprint density at radius 2 is 1.38 bits per heavy atom. The molecular formula is C34H25NO5. The van der Waals surface area contributed by atoms with Gasteiger partial charge in [-0.2, -0.15) is 0 Å². The van der Waals surface area contributed by atoms with Crippen LogP contribution in [0.5, 0.6) is 5.75 Å². The van der Waals surface area contributed by atoms with Crippen molar-refractivity contribution >= 4 is 28.6 Å². The van der Waals surface area contributed by atoms with Crippen molar-refractivity contribution in [2.45, 2.75) is 13.0 Å². The average Bonchev–Trinajstić information content (AvgIpc) is 3.21. The molecule has 1 heterocycles. The number of benzene rings is 5. The van der Waals surface area contributed by atoms with Gasteiger partial charge in [-0.15, -0.1) is 0 Å². The van der Waals surface area contributed by atoms with Crippen LogP contribution in [0.25, 0.3) is 21.9 Å². The van der Waals surface area contributed by atoms with E-state index < -0.39 is 12.6 Å². The number of rotatable bonds is 8. The molecule has 1 aliphatic rings. The summed E-state index contributed by atoms with van der Waals surface area (Å²) in [5.41, 5.74) is 5.49. The van der Waals surface area contributed by atoms with Gasteiger partial charge >= 0.3 is 5.97 Å². The molecule has 0 radical (unpaired) electrons. The smallest absolute Gasteiger partial charge is 0.341 e. The summed E-state index contributed by atoms with van der Waals surface area (Å²) in [7, 11) is 0. The minimum absolute atomic E-state index is 0.169. The van der Waals surface area contributed by atoms with Gasteiger partial charge in [0.25, 0.3) is 11.8 Å². The maximum absolute atomic E-state index is 12.9. The van der Waals surface area contributed by atoms with Crippen molar-refractivity contribution in [3.63, 3.8) is 0 Å². The zero-order valence-corrected chi connectivity index (χ0v) is 21.5. The van der Waals surface area contributed by atoms with Crippen LogP contribution in [-0.4, -0.2) is 34.4 Å². The minimum atomic E-state index is -1.04. The van der Waals surface area contributed by atoms with Crippen LogP contribution in [0.3, 0.4) is 0 Å². The number of hydrogen-bond acceptors (Lipinski definition) is 4. The average molecular weight is 528 g/mol. The highest BCUT2D eigenvalue weighted by Gasteiger charge is 2.34. The van der Waals surface area contributed by atoms with E-state index in [-0.39, 0.29) is 18.4 Å². The van der Waals surface area contributed by atoms with E-state index >= 15 is 0 Å². The van der Waals surface area contributed by atoms with Gasteiger partial charge in [-0.1, -0.05) is 78.9 Å². The third-order valence-electron chi connectivity index (χ3n) is 7.15. The van der Waals surface area contributed by atoms with Crippen LogP contribution in [0.2, 0.25) is 0 Å². The van der Waals surface area contributed by atoms with Gasteiger partial charge < -0.3 is 9.84 Å². The zero-order chi connectivity index (χ0) is 27.6. The summed E-state index contributed by atoms with van der Waals surface area (Å²) in [6.07, 6.45) is 0.554. The van der Waals surface area contributed by atoms with E-state index in [4.69, 9.17) is 4.74 Å². The predicted molar refractivity (Wildman–Crippen MR) is 152 cm³/mol. The van der Waals surface area contributed by atoms with E-state index in [1.807, 2.05) is 54.6 Å². The van der Waals surface area contributed by atoms with Crippen LogP contribution >= 0.6 is 0 Å². The molecule has 6 heteroatoms. The Hall–Kier alpha value is -5.23. The van der Waals surface area contributed by atoms with Crippen LogP contribution in [0, 0.1) is 0 Å². The molecule has 1 aliphatic heterocycles. The molecule has 5 aromatic carbocycles. The van der Waals surface area contributed by atoms with E-state index in [1.54, 1.807) is 30.3 Å². The molecule has 0 saturated heterocycles. The molecular weight excluding hydrogens is 502 g/mol. The van der Waals surface area contributed by atoms with Crippen LogP contribution < -0.4 is 4.74 Å². The lowest BCUT2D eigenvalue weighted by molar-refractivity contribution is -0.139. The molecule has 0 aromatic heterocycles.